The Labute approximate surface area is 139 Å². The molecule has 1 rings (SSSR count). The van der Waals surface area contributed by atoms with Gasteiger partial charge in [0.2, 0.25) is 0 Å². The average Bonchev–Trinajstić information content (AvgIpc) is 2.33. The van der Waals surface area contributed by atoms with Crippen molar-refractivity contribution < 1.29 is 31.8 Å². The maximum absolute atomic E-state index is 13.8. The first kappa shape index (κ1) is 19.5. The third kappa shape index (κ3) is 6.25. The number of benzene rings is 1. The molecule has 0 fully saturated rings. The second-order valence-electron chi connectivity index (χ2n) is 5.26. The smallest absolute Gasteiger partial charge is 0.420 e. The van der Waals surface area contributed by atoms with Gasteiger partial charge in [-0.15, -0.1) is 0 Å². The van der Waals surface area contributed by atoms with Gasteiger partial charge in [0.1, 0.15) is 18.3 Å². The lowest BCUT2D eigenvalue weighted by atomic mass is 10.1. The molecular weight excluding hydrogens is 386 g/mol. The minimum absolute atomic E-state index is 0.0678. The number of hydrogen-bond donors (Lipinski definition) is 1. The number of rotatable bonds is 6. The summed E-state index contributed by atoms with van der Waals surface area (Å²) >= 11 is 2.80. The number of halogens is 5. The van der Waals surface area contributed by atoms with Crippen molar-refractivity contribution >= 4 is 22.0 Å². The maximum Gasteiger partial charge on any atom is 0.420 e. The maximum atomic E-state index is 13.8. The predicted molar refractivity (Wildman–Crippen MR) is 78.5 cm³/mol. The Bertz CT molecular complexity index is 564. The van der Waals surface area contributed by atoms with Crippen LogP contribution in [0.5, 0.6) is 5.75 Å². The van der Waals surface area contributed by atoms with Crippen LogP contribution in [-0.2, 0) is 10.9 Å². The molecule has 1 amide bonds. The summed E-state index contributed by atoms with van der Waals surface area (Å²) in [5.41, 5.74) is 3.65. The van der Waals surface area contributed by atoms with Crippen LogP contribution in [0, 0.1) is 11.7 Å². The van der Waals surface area contributed by atoms with Crippen LogP contribution in [-0.4, -0.2) is 18.8 Å². The van der Waals surface area contributed by atoms with Gasteiger partial charge in [0, 0.05) is 4.47 Å². The van der Waals surface area contributed by atoms with Crippen molar-refractivity contribution in [3.05, 3.63) is 28.0 Å². The summed E-state index contributed by atoms with van der Waals surface area (Å²) < 4.78 is 62.4. The summed E-state index contributed by atoms with van der Waals surface area (Å²) in [6.45, 7) is 3.19. The first-order chi connectivity index (χ1) is 10.5. The molecule has 1 aromatic rings. The number of carbonyl (C=O) groups excluding carboxylic acids is 1. The molecule has 0 aliphatic rings. The van der Waals surface area contributed by atoms with Crippen LogP contribution in [0.1, 0.15) is 25.8 Å². The Kier molecular flexibility index (Phi) is 6.67. The van der Waals surface area contributed by atoms with Gasteiger partial charge in [0.25, 0.3) is 0 Å². The Balaban J connectivity index is 3.00. The fourth-order valence-corrected chi connectivity index (χ4v) is 2.36. The van der Waals surface area contributed by atoms with Crippen molar-refractivity contribution in [2.75, 3.05) is 6.61 Å². The highest BCUT2D eigenvalue weighted by atomic mass is 79.9. The zero-order valence-corrected chi connectivity index (χ0v) is 14.0. The summed E-state index contributed by atoms with van der Waals surface area (Å²) in [6.07, 6.45) is -6.44. The molecule has 1 atom stereocenters. The fraction of sp³-hybridized carbons (Fsp3) is 0.500. The molecule has 0 heterocycles. The van der Waals surface area contributed by atoms with E-state index in [0.717, 1.165) is 6.07 Å². The molecule has 1 unspecified atom stereocenters. The van der Waals surface area contributed by atoms with Crippen molar-refractivity contribution in [3.8, 4) is 5.75 Å². The van der Waals surface area contributed by atoms with Gasteiger partial charge in [0.05, 0.1) is 0 Å². The molecule has 0 spiro atoms. The van der Waals surface area contributed by atoms with E-state index in [4.69, 9.17) is 15.2 Å². The molecule has 4 nitrogen and oxygen atoms in total. The van der Waals surface area contributed by atoms with E-state index in [2.05, 4.69) is 15.9 Å². The number of carbonyl (C=O) groups is 1. The van der Waals surface area contributed by atoms with Crippen LogP contribution in [0.15, 0.2) is 16.6 Å². The predicted octanol–water partition coefficient (Wildman–Crippen LogP) is 4.50. The lowest BCUT2D eigenvalue weighted by molar-refractivity contribution is -0.139. The lowest BCUT2D eigenvalue weighted by Gasteiger charge is -2.21. The zero-order valence-electron chi connectivity index (χ0n) is 12.4. The van der Waals surface area contributed by atoms with Crippen LogP contribution in [0.4, 0.5) is 22.4 Å². The van der Waals surface area contributed by atoms with Crippen LogP contribution >= 0.6 is 15.9 Å². The fourth-order valence-electron chi connectivity index (χ4n) is 1.93. The zero-order chi connectivity index (χ0) is 17.8. The monoisotopic (exact) mass is 401 g/mol. The lowest BCUT2D eigenvalue weighted by Crippen LogP contribution is -2.30. The summed E-state index contributed by atoms with van der Waals surface area (Å²) in [6, 6.07) is 1.57. The van der Waals surface area contributed by atoms with E-state index in [1.54, 1.807) is 0 Å². The standard InChI is InChI=1S/C14H16BrF4NO3/c1-7(2)3-9(23-13(20)21)6-22-12-10(14(17,18)19)4-8(15)5-11(12)16/h4-5,7,9H,3,6H2,1-2H3,(H2,20,21). The van der Waals surface area contributed by atoms with Gasteiger partial charge in [-0.2, -0.15) is 13.2 Å². The summed E-state index contributed by atoms with van der Waals surface area (Å²) in [7, 11) is 0. The van der Waals surface area contributed by atoms with Crippen LogP contribution in [0.3, 0.4) is 0 Å². The van der Waals surface area contributed by atoms with E-state index < -0.39 is 42.1 Å². The number of ether oxygens (including phenoxy) is 2. The Morgan fingerprint density at radius 3 is 2.43 bits per heavy atom. The highest BCUT2D eigenvalue weighted by Gasteiger charge is 2.36. The van der Waals surface area contributed by atoms with Crippen molar-refractivity contribution in [2.24, 2.45) is 11.7 Å². The number of primary amides is 1. The number of amides is 1. The summed E-state index contributed by atoms with van der Waals surface area (Å²) in [5.74, 6) is -2.05. The highest BCUT2D eigenvalue weighted by molar-refractivity contribution is 9.10. The van der Waals surface area contributed by atoms with Gasteiger partial charge in [-0.1, -0.05) is 29.8 Å². The molecule has 2 N–H and O–H groups in total. The highest BCUT2D eigenvalue weighted by Crippen LogP contribution is 2.39. The molecule has 0 aromatic heterocycles. The molecule has 0 radical (unpaired) electrons. The van der Waals surface area contributed by atoms with E-state index in [9.17, 15) is 22.4 Å². The quantitative estimate of drug-likeness (QED) is 0.714. The minimum Gasteiger partial charge on any atom is -0.486 e. The topological polar surface area (TPSA) is 61.6 Å². The molecule has 23 heavy (non-hydrogen) atoms. The van der Waals surface area contributed by atoms with Crippen LogP contribution < -0.4 is 10.5 Å². The SMILES string of the molecule is CC(C)CC(COc1c(F)cc(Br)cc1C(F)(F)F)OC(N)=O. The van der Waals surface area contributed by atoms with Crippen LogP contribution in [0.2, 0.25) is 0 Å². The summed E-state index contributed by atoms with van der Waals surface area (Å²) in [5, 5.41) is 0. The first-order valence-corrected chi connectivity index (χ1v) is 7.45. The van der Waals surface area contributed by atoms with Crippen molar-refractivity contribution in [3.63, 3.8) is 0 Å². The van der Waals surface area contributed by atoms with E-state index in [0.29, 0.717) is 12.5 Å². The molecule has 0 saturated heterocycles. The first-order valence-electron chi connectivity index (χ1n) is 6.65. The molecule has 0 saturated carbocycles. The molecule has 9 heteroatoms. The third-order valence-corrected chi connectivity index (χ3v) is 3.20. The molecule has 0 bridgehead atoms. The number of nitrogens with two attached hydrogens (primary N) is 1. The van der Waals surface area contributed by atoms with Gasteiger partial charge in [-0.3, -0.25) is 0 Å². The normalized spacial score (nSPS) is 13.0. The second-order valence-corrected chi connectivity index (χ2v) is 6.18. The van der Waals surface area contributed by atoms with Gasteiger partial charge < -0.3 is 15.2 Å². The molecular formula is C14H16BrF4NO3. The van der Waals surface area contributed by atoms with Crippen LogP contribution in [0.25, 0.3) is 0 Å². The summed E-state index contributed by atoms with van der Waals surface area (Å²) in [4.78, 5) is 10.8. The van der Waals surface area contributed by atoms with Crippen molar-refractivity contribution in [1.29, 1.82) is 0 Å². The Morgan fingerprint density at radius 2 is 1.96 bits per heavy atom. The van der Waals surface area contributed by atoms with Gasteiger partial charge in [0.15, 0.2) is 11.6 Å². The Hall–Kier alpha value is -1.51. The largest absolute Gasteiger partial charge is 0.486 e. The number of hydrogen-bond acceptors (Lipinski definition) is 3. The van der Waals surface area contributed by atoms with Crippen molar-refractivity contribution in [1.82, 2.24) is 0 Å². The van der Waals surface area contributed by atoms with Gasteiger partial charge in [-0.25, -0.2) is 9.18 Å². The minimum atomic E-state index is -4.79. The average molecular weight is 402 g/mol. The van der Waals surface area contributed by atoms with E-state index in [-0.39, 0.29) is 10.4 Å². The van der Waals surface area contributed by atoms with Crippen molar-refractivity contribution in [2.45, 2.75) is 32.5 Å². The van der Waals surface area contributed by atoms with Gasteiger partial charge in [-0.05, 0) is 24.5 Å². The molecule has 130 valence electrons. The molecule has 0 aliphatic carbocycles. The third-order valence-electron chi connectivity index (χ3n) is 2.74. The van der Waals surface area contributed by atoms with E-state index >= 15 is 0 Å². The molecule has 0 aliphatic heterocycles. The Morgan fingerprint density at radius 1 is 1.35 bits per heavy atom. The van der Waals surface area contributed by atoms with Gasteiger partial charge >= 0.3 is 12.3 Å². The van der Waals surface area contributed by atoms with E-state index in [1.807, 2.05) is 13.8 Å². The number of alkyl halides is 3. The van der Waals surface area contributed by atoms with E-state index in [1.165, 1.54) is 0 Å². The molecule has 1 aromatic carbocycles. The second kappa shape index (κ2) is 7.85.